The summed E-state index contributed by atoms with van der Waals surface area (Å²) in [6, 6.07) is 8.08. The van der Waals surface area contributed by atoms with E-state index >= 15 is 0 Å². The first-order valence-corrected chi connectivity index (χ1v) is 9.39. The first-order chi connectivity index (χ1) is 13.4. The molecule has 1 aliphatic heterocycles. The lowest BCUT2D eigenvalue weighted by molar-refractivity contribution is -0.384. The van der Waals surface area contributed by atoms with Crippen molar-refractivity contribution >= 4 is 28.9 Å². The molecule has 0 fully saturated rings. The average Bonchev–Trinajstić information content (AvgIpc) is 3.17. The van der Waals surface area contributed by atoms with Gasteiger partial charge in [0, 0.05) is 34.3 Å². The van der Waals surface area contributed by atoms with Crippen LogP contribution in [0.5, 0.6) is 0 Å². The number of nitro groups is 1. The van der Waals surface area contributed by atoms with Gasteiger partial charge in [-0.3, -0.25) is 10.1 Å². The van der Waals surface area contributed by atoms with Gasteiger partial charge in [0.15, 0.2) is 0 Å². The number of carbonyl (C=O) groups excluding carboxylic acids is 1. The number of non-ortho nitro benzene ring substituents is 1. The zero-order valence-electron chi connectivity index (χ0n) is 15.4. The second-order valence-corrected chi connectivity index (χ2v) is 7.54. The van der Waals surface area contributed by atoms with E-state index in [-0.39, 0.29) is 23.6 Å². The van der Waals surface area contributed by atoms with E-state index in [1.807, 2.05) is 13.0 Å². The van der Waals surface area contributed by atoms with E-state index in [2.05, 4.69) is 17.5 Å². The lowest BCUT2D eigenvalue weighted by Gasteiger charge is -2.38. The number of anilines is 1. The van der Waals surface area contributed by atoms with E-state index in [1.54, 1.807) is 18.2 Å². The molecule has 2 aliphatic rings. The lowest BCUT2D eigenvalue weighted by atomic mass is 9.76. The van der Waals surface area contributed by atoms with Gasteiger partial charge >= 0.3 is 5.97 Å². The van der Waals surface area contributed by atoms with Crippen LogP contribution in [0.1, 0.15) is 45.4 Å². The maximum atomic E-state index is 12.1. The number of esters is 1. The van der Waals surface area contributed by atoms with Gasteiger partial charge in [0.2, 0.25) is 0 Å². The van der Waals surface area contributed by atoms with Crippen molar-refractivity contribution in [2.24, 2.45) is 5.92 Å². The second-order valence-electron chi connectivity index (χ2n) is 7.13. The van der Waals surface area contributed by atoms with E-state index in [0.717, 1.165) is 23.2 Å². The van der Waals surface area contributed by atoms with Gasteiger partial charge in [0.1, 0.15) is 0 Å². The Hall–Kier alpha value is -2.86. The summed E-state index contributed by atoms with van der Waals surface area (Å²) < 4.78 is 4.89. The number of carbonyl (C=O) groups is 1. The first kappa shape index (κ1) is 18.5. The largest absolute Gasteiger partial charge is 0.465 e. The topological polar surface area (TPSA) is 81.5 Å². The molecule has 0 amide bonds. The van der Waals surface area contributed by atoms with Crippen molar-refractivity contribution in [2.75, 3.05) is 12.4 Å². The summed E-state index contributed by atoms with van der Waals surface area (Å²) in [6.45, 7) is 1.88. The molecule has 0 aromatic heterocycles. The van der Waals surface area contributed by atoms with Crippen LogP contribution in [0.4, 0.5) is 11.4 Å². The van der Waals surface area contributed by atoms with Gasteiger partial charge in [-0.05, 0) is 42.5 Å². The first-order valence-electron chi connectivity index (χ1n) is 9.01. The molecule has 3 atom stereocenters. The van der Waals surface area contributed by atoms with Crippen LogP contribution >= 0.6 is 11.6 Å². The van der Waals surface area contributed by atoms with Crippen molar-refractivity contribution in [3.63, 3.8) is 0 Å². The summed E-state index contributed by atoms with van der Waals surface area (Å²) in [5.74, 6) is -0.0477. The quantitative estimate of drug-likeness (QED) is 0.334. The van der Waals surface area contributed by atoms with Gasteiger partial charge in [-0.15, -0.1) is 0 Å². The highest BCUT2D eigenvalue weighted by molar-refractivity contribution is 6.31. The molecule has 6 nitrogen and oxygen atoms in total. The van der Waals surface area contributed by atoms with Crippen LogP contribution in [0, 0.1) is 23.0 Å². The Morgan fingerprint density at radius 2 is 2.07 bits per heavy atom. The molecule has 0 unspecified atom stereocenters. The molecule has 1 N–H and O–H groups in total. The number of ether oxygens (including phenoxy) is 1. The Morgan fingerprint density at radius 1 is 1.29 bits per heavy atom. The summed E-state index contributed by atoms with van der Waals surface area (Å²) in [5.41, 5.74) is 3.98. The zero-order chi connectivity index (χ0) is 20.0. The van der Waals surface area contributed by atoms with Crippen molar-refractivity contribution in [3.05, 3.63) is 79.9 Å². The fraction of sp³-hybridized carbons (Fsp3) is 0.286. The smallest absolute Gasteiger partial charge is 0.338 e. The third-order valence-corrected chi connectivity index (χ3v) is 6.07. The minimum absolute atomic E-state index is 0.00883. The van der Waals surface area contributed by atoms with E-state index in [4.69, 9.17) is 16.3 Å². The normalized spacial score (nSPS) is 22.2. The number of rotatable bonds is 3. The molecular weight excluding hydrogens is 380 g/mol. The van der Waals surface area contributed by atoms with Crippen LogP contribution < -0.4 is 5.32 Å². The molecule has 0 bridgehead atoms. The highest BCUT2D eigenvalue weighted by atomic mass is 35.5. The molecule has 28 heavy (non-hydrogen) atoms. The number of methoxy groups -OCH3 is 1. The Morgan fingerprint density at radius 3 is 2.79 bits per heavy atom. The summed E-state index contributed by atoms with van der Waals surface area (Å²) in [4.78, 5) is 23.0. The standard InChI is InChI=1S/C21H19ClN2O4/c1-11-13(21(25)28-2)7-8-16-14-4-3-5-15(14)20(23-19(11)16)17-10-12(24(26)27)6-9-18(17)22/h3-4,6-10,14-15,20,23H,5H2,1-2H3/t14-,15+,20+/m1/s1. The third kappa shape index (κ3) is 2.85. The highest BCUT2D eigenvalue weighted by Gasteiger charge is 2.40. The fourth-order valence-corrected chi connectivity index (χ4v) is 4.57. The van der Waals surface area contributed by atoms with Gasteiger partial charge in [0.25, 0.3) is 5.69 Å². The molecule has 0 saturated carbocycles. The summed E-state index contributed by atoms with van der Waals surface area (Å²) in [6.07, 6.45) is 5.15. The van der Waals surface area contributed by atoms with E-state index < -0.39 is 10.9 Å². The molecule has 2 aromatic rings. The van der Waals surface area contributed by atoms with Crippen molar-refractivity contribution in [1.29, 1.82) is 0 Å². The van der Waals surface area contributed by atoms with E-state index in [9.17, 15) is 14.9 Å². The predicted octanol–water partition coefficient (Wildman–Crippen LogP) is 5.17. The second kappa shape index (κ2) is 6.95. The van der Waals surface area contributed by atoms with Gasteiger partial charge in [-0.25, -0.2) is 4.79 Å². The molecule has 0 spiro atoms. The monoisotopic (exact) mass is 398 g/mol. The van der Waals surface area contributed by atoms with Crippen LogP contribution in [0.2, 0.25) is 5.02 Å². The number of nitro benzene ring substituents is 1. The number of benzene rings is 2. The Bertz CT molecular complexity index is 1020. The molecule has 1 heterocycles. The number of allylic oxidation sites excluding steroid dienone is 2. The Kier molecular flexibility index (Phi) is 4.59. The zero-order valence-corrected chi connectivity index (χ0v) is 16.2. The third-order valence-electron chi connectivity index (χ3n) is 5.73. The number of nitrogens with one attached hydrogen (secondary N) is 1. The van der Waals surface area contributed by atoms with E-state index in [1.165, 1.54) is 13.2 Å². The van der Waals surface area contributed by atoms with Crippen LogP contribution in [-0.2, 0) is 4.74 Å². The predicted molar refractivity (Wildman–Crippen MR) is 107 cm³/mol. The van der Waals surface area contributed by atoms with Gasteiger partial charge in [-0.2, -0.15) is 0 Å². The number of hydrogen-bond donors (Lipinski definition) is 1. The maximum Gasteiger partial charge on any atom is 0.338 e. The van der Waals surface area contributed by atoms with Gasteiger partial charge in [-0.1, -0.05) is 29.8 Å². The number of hydrogen-bond acceptors (Lipinski definition) is 5. The van der Waals surface area contributed by atoms with Crippen LogP contribution in [0.15, 0.2) is 42.5 Å². The van der Waals surface area contributed by atoms with Crippen molar-refractivity contribution in [3.8, 4) is 0 Å². The lowest BCUT2D eigenvalue weighted by Crippen LogP contribution is -2.30. The maximum absolute atomic E-state index is 12.1. The molecule has 1 aliphatic carbocycles. The van der Waals surface area contributed by atoms with E-state index in [0.29, 0.717) is 16.1 Å². The Labute approximate surface area is 167 Å². The number of halogens is 1. The number of fused-ring (bicyclic) bond motifs is 3. The van der Waals surface area contributed by atoms with Crippen LogP contribution in [-0.4, -0.2) is 18.0 Å². The van der Waals surface area contributed by atoms with Crippen LogP contribution in [0.25, 0.3) is 0 Å². The fourth-order valence-electron chi connectivity index (χ4n) is 4.34. The van der Waals surface area contributed by atoms with Gasteiger partial charge in [0.05, 0.1) is 23.6 Å². The summed E-state index contributed by atoms with van der Waals surface area (Å²) in [5, 5.41) is 15.3. The molecule has 4 rings (SSSR count). The molecule has 0 saturated heterocycles. The van der Waals surface area contributed by atoms with Crippen molar-refractivity contribution in [2.45, 2.75) is 25.3 Å². The van der Waals surface area contributed by atoms with Gasteiger partial charge < -0.3 is 10.1 Å². The highest BCUT2D eigenvalue weighted by Crippen LogP contribution is 2.52. The SMILES string of the molecule is COC(=O)c1ccc2c(c1C)N[C@H](c1cc([N+](=O)[O-])ccc1Cl)[C@H]1CC=C[C@@H]21. The minimum atomic E-state index is -0.415. The molecular formula is C21H19ClN2O4. The molecule has 144 valence electrons. The molecule has 0 radical (unpaired) electrons. The minimum Gasteiger partial charge on any atom is -0.465 e. The molecule has 7 heteroatoms. The van der Waals surface area contributed by atoms with Crippen molar-refractivity contribution < 1.29 is 14.5 Å². The number of nitrogens with zero attached hydrogens (tertiary/aromatic N) is 1. The summed E-state index contributed by atoms with van der Waals surface area (Å²) >= 11 is 6.44. The molecule has 2 aromatic carbocycles. The average molecular weight is 399 g/mol. The Balaban J connectivity index is 1.85. The van der Waals surface area contributed by atoms with Crippen molar-refractivity contribution in [1.82, 2.24) is 0 Å². The summed E-state index contributed by atoms with van der Waals surface area (Å²) in [7, 11) is 1.36. The van der Waals surface area contributed by atoms with Crippen LogP contribution in [0.3, 0.4) is 0 Å².